The number of hydrogen-bond acceptors (Lipinski definition) is 4. The van der Waals surface area contributed by atoms with E-state index in [4.69, 9.17) is 17.0 Å². The molecule has 2 heterocycles. The van der Waals surface area contributed by atoms with E-state index in [1.165, 1.54) is 6.20 Å². The van der Waals surface area contributed by atoms with Gasteiger partial charge in [-0.3, -0.25) is 9.78 Å². The van der Waals surface area contributed by atoms with E-state index in [0.29, 0.717) is 34.1 Å². The fourth-order valence-electron chi connectivity index (χ4n) is 1.63. The lowest BCUT2D eigenvalue weighted by Crippen LogP contribution is -2.05. The highest BCUT2D eigenvalue weighted by Crippen LogP contribution is 2.15. The third-order valence-electron chi connectivity index (χ3n) is 2.43. The largest absolute Gasteiger partial charge is 0.492 e. The molecule has 6 heteroatoms. The van der Waals surface area contributed by atoms with Gasteiger partial charge in [0, 0.05) is 17.5 Å². The van der Waals surface area contributed by atoms with Crippen molar-refractivity contribution in [3.63, 3.8) is 0 Å². The summed E-state index contributed by atoms with van der Waals surface area (Å²) in [6, 6.07) is 1.67. The highest BCUT2D eigenvalue weighted by Gasteiger charge is 2.15. The van der Waals surface area contributed by atoms with Gasteiger partial charge in [0.2, 0.25) is 5.78 Å². The minimum absolute atomic E-state index is 0.158. The van der Waals surface area contributed by atoms with Crippen molar-refractivity contribution >= 4 is 18.0 Å². The molecule has 0 saturated carbocycles. The molecule has 2 aromatic heterocycles. The van der Waals surface area contributed by atoms with E-state index in [2.05, 4.69) is 15.0 Å². The molecule has 0 saturated heterocycles. The van der Waals surface area contributed by atoms with Crippen LogP contribution in [0.4, 0.5) is 0 Å². The van der Waals surface area contributed by atoms with E-state index < -0.39 is 0 Å². The number of aryl methyl sites for hydroxylation is 1. The van der Waals surface area contributed by atoms with Crippen LogP contribution in [-0.4, -0.2) is 27.3 Å². The van der Waals surface area contributed by atoms with Crippen LogP contribution in [0.5, 0.6) is 5.75 Å². The van der Waals surface area contributed by atoms with Crippen LogP contribution in [0.15, 0.2) is 18.5 Å². The molecule has 0 bridgehead atoms. The molecule has 2 N–H and O–H groups in total. The van der Waals surface area contributed by atoms with Crippen molar-refractivity contribution in [3.8, 4) is 5.75 Å². The summed E-state index contributed by atoms with van der Waals surface area (Å²) in [5.74, 6) is 0.420. The van der Waals surface area contributed by atoms with E-state index in [9.17, 15) is 4.79 Å². The quantitative estimate of drug-likeness (QED) is 0.656. The van der Waals surface area contributed by atoms with Crippen molar-refractivity contribution in [3.05, 3.63) is 40.2 Å². The Bertz CT molecular complexity index is 630. The molecule has 0 aliphatic heterocycles. The molecule has 2 rings (SSSR count). The maximum atomic E-state index is 12.2. The second kappa shape index (κ2) is 5.14. The Morgan fingerprint density at radius 3 is 2.83 bits per heavy atom. The number of pyridine rings is 1. The third-order valence-corrected chi connectivity index (χ3v) is 2.63. The number of carbonyl (C=O) groups is 1. The van der Waals surface area contributed by atoms with Crippen LogP contribution in [0.1, 0.15) is 28.7 Å². The lowest BCUT2D eigenvalue weighted by atomic mass is 10.1. The number of nitrogens with zero attached hydrogens (tertiary/aromatic N) is 1. The van der Waals surface area contributed by atoms with Gasteiger partial charge in [0.15, 0.2) is 4.77 Å². The lowest BCUT2D eigenvalue weighted by Gasteiger charge is -2.04. The minimum Gasteiger partial charge on any atom is -0.492 e. The molecule has 0 fully saturated rings. The minimum atomic E-state index is -0.158. The van der Waals surface area contributed by atoms with Gasteiger partial charge in [-0.05, 0) is 32.1 Å². The predicted octanol–water partition coefficient (Wildman–Crippen LogP) is 2.41. The van der Waals surface area contributed by atoms with Crippen molar-refractivity contribution in [1.82, 2.24) is 15.0 Å². The second-order valence-electron chi connectivity index (χ2n) is 3.75. The first-order valence-electron chi connectivity index (χ1n) is 5.53. The van der Waals surface area contributed by atoms with Crippen molar-refractivity contribution in [2.24, 2.45) is 0 Å². The molecule has 94 valence electrons. The van der Waals surface area contributed by atoms with Gasteiger partial charge in [-0.25, -0.2) is 0 Å². The van der Waals surface area contributed by atoms with Crippen LogP contribution < -0.4 is 4.74 Å². The molecular formula is C12H13N3O2S. The highest BCUT2D eigenvalue weighted by molar-refractivity contribution is 7.71. The molecule has 0 radical (unpaired) electrons. The van der Waals surface area contributed by atoms with Crippen LogP contribution in [0.2, 0.25) is 0 Å². The molecule has 0 aliphatic carbocycles. The van der Waals surface area contributed by atoms with Gasteiger partial charge in [-0.15, -0.1) is 0 Å². The smallest absolute Gasteiger partial charge is 0.212 e. The first-order chi connectivity index (χ1) is 8.61. The Kier molecular flexibility index (Phi) is 3.57. The van der Waals surface area contributed by atoms with Crippen molar-refractivity contribution in [1.29, 1.82) is 0 Å². The molecule has 0 atom stereocenters. The van der Waals surface area contributed by atoms with Gasteiger partial charge < -0.3 is 14.7 Å². The van der Waals surface area contributed by atoms with Crippen LogP contribution in [0, 0.1) is 11.7 Å². The molecule has 5 nitrogen and oxygen atoms in total. The van der Waals surface area contributed by atoms with Gasteiger partial charge in [0.25, 0.3) is 0 Å². The average molecular weight is 263 g/mol. The average Bonchev–Trinajstić information content (AvgIpc) is 2.68. The Labute approximate surface area is 109 Å². The number of H-pyrrole nitrogens is 2. The van der Waals surface area contributed by atoms with Crippen molar-refractivity contribution < 1.29 is 9.53 Å². The number of nitrogens with one attached hydrogen (secondary N) is 2. The number of hydrogen-bond donors (Lipinski definition) is 2. The topological polar surface area (TPSA) is 70.8 Å². The normalized spacial score (nSPS) is 10.3. The van der Waals surface area contributed by atoms with Crippen molar-refractivity contribution in [2.75, 3.05) is 6.61 Å². The molecule has 18 heavy (non-hydrogen) atoms. The van der Waals surface area contributed by atoms with Gasteiger partial charge in [0.1, 0.15) is 11.4 Å². The number of ketones is 1. The van der Waals surface area contributed by atoms with Gasteiger partial charge in [0.05, 0.1) is 12.8 Å². The van der Waals surface area contributed by atoms with E-state index >= 15 is 0 Å². The summed E-state index contributed by atoms with van der Waals surface area (Å²) in [6.45, 7) is 4.20. The molecular weight excluding hydrogens is 250 g/mol. The van der Waals surface area contributed by atoms with E-state index in [0.717, 1.165) is 0 Å². The molecule has 0 unspecified atom stereocenters. The summed E-state index contributed by atoms with van der Waals surface area (Å²) in [4.78, 5) is 22.0. The Morgan fingerprint density at radius 2 is 2.22 bits per heavy atom. The monoisotopic (exact) mass is 263 g/mol. The number of aromatic amines is 2. The zero-order valence-corrected chi connectivity index (χ0v) is 10.9. The number of imidazole rings is 1. The van der Waals surface area contributed by atoms with Crippen LogP contribution in [0.3, 0.4) is 0 Å². The summed E-state index contributed by atoms with van der Waals surface area (Å²) in [5.41, 5.74) is 1.64. The molecule has 0 spiro atoms. The summed E-state index contributed by atoms with van der Waals surface area (Å²) < 4.78 is 5.75. The fraction of sp³-hybridized carbons (Fsp3) is 0.250. The second-order valence-corrected chi connectivity index (χ2v) is 4.16. The molecule has 0 aliphatic rings. The summed E-state index contributed by atoms with van der Waals surface area (Å²) in [7, 11) is 0. The Hall–Kier alpha value is -1.95. The lowest BCUT2D eigenvalue weighted by molar-refractivity contribution is 0.103. The summed E-state index contributed by atoms with van der Waals surface area (Å²) in [5, 5.41) is 0. The number of rotatable bonds is 4. The number of carbonyl (C=O) groups excluding carboxylic acids is 1. The first kappa shape index (κ1) is 12.5. The van der Waals surface area contributed by atoms with Gasteiger partial charge in [-0.1, -0.05) is 0 Å². The standard InChI is InChI=1S/C12H13N3O2S/c1-3-17-9-4-8(5-13-6-9)11(16)10-7(2)14-12(18)15-10/h4-6H,3H2,1-2H3,(H2,14,15,18). The zero-order chi connectivity index (χ0) is 13.1. The number of aromatic nitrogens is 3. The van der Waals surface area contributed by atoms with E-state index in [1.807, 2.05) is 6.92 Å². The molecule has 2 aromatic rings. The predicted molar refractivity (Wildman–Crippen MR) is 69.6 cm³/mol. The molecule has 0 aromatic carbocycles. The zero-order valence-electron chi connectivity index (χ0n) is 10.1. The fourth-order valence-corrected chi connectivity index (χ4v) is 1.89. The maximum Gasteiger partial charge on any atom is 0.212 e. The van der Waals surface area contributed by atoms with Crippen LogP contribution in [0.25, 0.3) is 0 Å². The van der Waals surface area contributed by atoms with E-state index in [-0.39, 0.29) is 5.78 Å². The molecule has 0 amide bonds. The third kappa shape index (κ3) is 2.48. The van der Waals surface area contributed by atoms with E-state index in [1.54, 1.807) is 19.2 Å². The SMILES string of the molecule is CCOc1cncc(C(=O)c2[nH]c(=S)[nH]c2C)c1. The van der Waals surface area contributed by atoms with Crippen LogP contribution >= 0.6 is 12.2 Å². The van der Waals surface area contributed by atoms with Gasteiger partial charge >= 0.3 is 0 Å². The Morgan fingerprint density at radius 1 is 1.44 bits per heavy atom. The summed E-state index contributed by atoms with van der Waals surface area (Å²) >= 11 is 4.95. The number of ether oxygens (including phenoxy) is 1. The first-order valence-corrected chi connectivity index (χ1v) is 5.94. The maximum absolute atomic E-state index is 12.2. The van der Waals surface area contributed by atoms with Crippen LogP contribution in [-0.2, 0) is 0 Å². The summed E-state index contributed by atoms with van der Waals surface area (Å²) in [6.07, 6.45) is 3.08. The van der Waals surface area contributed by atoms with Crippen molar-refractivity contribution in [2.45, 2.75) is 13.8 Å². The van der Waals surface area contributed by atoms with Gasteiger partial charge in [-0.2, -0.15) is 0 Å². The highest BCUT2D eigenvalue weighted by atomic mass is 32.1. The Balaban J connectivity index is 2.36.